The number of anilines is 1. The number of nitrogens with zero attached hydrogens (tertiary/aromatic N) is 2. The summed E-state index contributed by atoms with van der Waals surface area (Å²) in [7, 11) is 1.86. The highest BCUT2D eigenvalue weighted by atomic mass is 35.5. The first-order chi connectivity index (χ1) is 8.06. The summed E-state index contributed by atoms with van der Waals surface area (Å²) in [5, 5.41) is 7.74. The molecule has 0 bridgehead atoms. The minimum atomic E-state index is -0.309. The minimum absolute atomic E-state index is 0.309. The summed E-state index contributed by atoms with van der Waals surface area (Å²) in [6.45, 7) is 2.45. The van der Waals surface area contributed by atoms with Crippen molar-refractivity contribution >= 4 is 17.3 Å². The Balaban J connectivity index is 2.12. The molecule has 5 heteroatoms. The molecule has 1 aromatic carbocycles. The van der Waals surface area contributed by atoms with Gasteiger partial charge in [-0.2, -0.15) is 5.10 Å². The Labute approximate surface area is 104 Å². The molecular formula is C12H13ClFN3. The molecule has 3 nitrogen and oxygen atoms in total. The van der Waals surface area contributed by atoms with Crippen LogP contribution >= 0.6 is 11.6 Å². The van der Waals surface area contributed by atoms with E-state index < -0.39 is 0 Å². The number of aryl methyl sites for hydroxylation is 2. The molecule has 90 valence electrons. The van der Waals surface area contributed by atoms with Crippen LogP contribution in [0.3, 0.4) is 0 Å². The van der Waals surface area contributed by atoms with Crippen molar-refractivity contribution in [1.29, 1.82) is 0 Å². The van der Waals surface area contributed by atoms with Gasteiger partial charge in [-0.1, -0.05) is 11.6 Å². The minimum Gasteiger partial charge on any atom is -0.378 e. The van der Waals surface area contributed by atoms with E-state index in [1.165, 1.54) is 12.1 Å². The first kappa shape index (κ1) is 11.9. The van der Waals surface area contributed by atoms with E-state index >= 15 is 0 Å². The monoisotopic (exact) mass is 253 g/mol. The summed E-state index contributed by atoms with van der Waals surface area (Å²) in [5.41, 5.74) is 2.37. The maximum atomic E-state index is 13.4. The van der Waals surface area contributed by atoms with E-state index in [1.54, 1.807) is 10.7 Å². The van der Waals surface area contributed by atoms with Crippen molar-refractivity contribution in [3.8, 4) is 0 Å². The average molecular weight is 254 g/mol. The summed E-state index contributed by atoms with van der Waals surface area (Å²) in [6, 6.07) is 4.45. The second-order valence-electron chi connectivity index (χ2n) is 3.89. The predicted molar refractivity (Wildman–Crippen MR) is 66.7 cm³/mol. The molecule has 0 unspecified atom stereocenters. The van der Waals surface area contributed by atoms with Gasteiger partial charge in [-0.05, 0) is 25.1 Å². The summed E-state index contributed by atoms with van der Waals surface area (Å²) in [5.74, 6) is -0.309. The molecule has 0 aliphatic carbocycles. The van der Waals surface area contributed by atoms with Crippen LogP contribution in [0.25, 0.3) is 0 Å². The van der Waals surface area contributed by atoms with Gasteiger partial charge in [0.05, 0.1) is 11.4 Å². The summed E-state index contributed by atoms with van der Waals surface area (Å²) < 4.78 is 15.2. The molecule has 0 atom stereocenters. The Morgan fingerprint density at radius 2 is 2.24 bits per heavy atom. The van der Waals surface area contributed by atoms with E-state index in [0.29, 0.717) is 17.3 Å². The molecule has 1 heterocycles. The Hall–Kier alpha value is -1.55. The molecule has 1 aromatic heterocycles. The van der Waals surface area contributed by atoms with E-state index in [9.17, 15) is 4.39 Å². The second-order valence-corrected chi connectivity index (χ2v) is 4.33. The lowest BCUT2D eigenvalue weighted by Gasteiger charge is -2.07. The van der Waals surface area contributed by atoms with Crippen LogP contribution < -0.4 is 5.32 Å². The van der Waals surface area contributed by atoms with Gasteiger partial charge in [0.2, 0.25) is 0 Å². The SMILES string of the molecule is Cc1nn(C)cc1CNc1cc(Cl)ccc1F. The van der Waals surface area contributed by atoms with Gasteiger partial charge >= 0.3 is 0 Å². The van der Waals surface area contributed by atoms with Crippen LogP contribution in [-0.4, -0.2) is 9.78 Å². The van der Waals surface area contributed by atoms with Gasteiger partial charge in [0, 0.05) is 30.4 Å². The molecule has 0 aliphatic heterocycles. The van der Waals surface area contributed by atoms with Gasteiger partial charge < -0.3 is 5.32 Å². The van der Waals surface area contributed by atoms with Crippen LogP contribution in [0.15, 0.2) is 24.4 Å². The van der Waals surface area contributed by atoms with Gasteiger partial charge in [-0.25, -0.2) is 4.39 Å². The maximum Gasteiger partial charge on any atom is 0.146 e. The first-order valence-corrected chi connectivity index (χ1v) is 5.62. The fourth-order valence-corrected chi connectivity index (χ4v) is 1.82. The van der Waals surface area contributed by atoms with E-state index in [4.69, 9.17) is 11.6 Å². The molecule has 2 aromatic rings. The van der Waals surface area contributed by atoms with Gasteiger partial charge in [0.25, 0.3) is 0 Å². The van der Waals surface area contributed by atoms with Crippen LogP contribution in [0, 0.1) is 12.7 Å². The van der Waals surface area contributed by atoms with Gasteiger partial charge in [0.15, 0.2) is 0 Å². The molecule has 0 saturated carbocycles. The number of benzene rings is 1. The summed E-state index contributed by atoms with van der Waals surface area (Å²) in [6.07, 6.45) is 1.91. The number of hydrogen-bond acceptors (Lipinski definition) is 2. The van der Waals surface area contributed by atoms with Gasteiger partial charge in [-0.3, -0.25) is 4.68 Å². The lowest BCUT2D eigenvalue weighted by molar-refractivity contribution is 0.630. The third kappa shape index (κ3) is 2.77. The van der Waals surface area contributed by atoms with Crippen LogP contribution in [0.1, 0.15) is 11.3 Å². The molecule has 2 rings (SSSR count). The second kappa shape index (κ2) is 4.75. The Morgan fingerprint density at radius 1 is 1.47 bits per heavy atom. The highest BCUT2D eigenvalue weighted by molar-refractivity contribution is 6.30. The van der Waals surface area contributed by atoms with Crippen molar-refractivity contribution in [3.63, 3.8) is 0 Å². The van der Waals surface area contributed by atoms with E-state index in [2.05, 4.69) is 10.4 Å². The molecule has 17 heavy (non-hydrogen) atoms. The Bertz CT molecular complexity index is 537. The van der Waals surface area contributed by atoms with Crippen LogP contribution in [0.4, 0.5) is 10.1 Å². The fraction of sp³-hybridized carbons (Fsp3) is 0.250. The Morgan fingerprint density at radius 3 is 2.88 bits per heavy atom. The normalized spacial score (nSPS) is 10.6. The molecule has 0 saturated heterocycles. The van der Waals surface area contributed by atoms with Gasteiger partial charge in [0.1, 0.15) is 5.82 Å². The lowest BCUT2D eigenvalue weighted by Crippen LogP contribution is -2.01. The van der Waals surface area contributed by atoms with E-state index in [1.807, 2.05) is 20.2 Å². The standard InChI is InChI=1S/C12H13ClFN3/c1-8-9(7-17(2)16-8)6-15-12-5-10(13)3-4-11(12)14/h3-5,7,15H,6H2,1-2H3. The highest BCUT2D eigenvalue weighted by Gasteiger charge is 2.05. The third-order valence-corrected chi connectivity index (χ3v) is 2.75. The number of rotatable bonds is 3. The lowest BCUT2D eigenvalue weighted by atomic mass is 10.2. The van der Waals surface area contributed by atoms with Crippen molar-refractivity contribution in [2.24, 2.45) is 7.05 Å². The summed E-state index contributed by atoms with van der Waals surface area (Å²) >= 11 is 5.81. The zero-order chi connectivity index (χ0) is 12.4. The number of aromatic nitrogens is 2. The largest absolute Gasteiger partial charge is 0.378 e. The topological polar surface area (TPSA) is 29.9 Å². The zero-order valence-electron chi connectivity index (χ0n) is 9.67. The van der Waals surface area contributed by atoms with Crippen molar-refractivity contribution in [2.75, 3.05) is 5.32 Å². The number of hydrogen-bond donors (Lipinski definition) is 1. The Kier molecular flexibility index (Phi) is 3.33. The molecule has 0 aliphatic rings. The smallest absolute Gasteiger partial charge is 0.146 e. The average Bonchev–Trinajstić information content (AvgIpc) is 2.59. The van der Waals surface area contributed by atoms with Crippen molar-refractivity contribution in [2.45, 2.75) is 13.5 Å². The van der Waals surface area contributed by atoms with Crippen LogP contribution in [0.5, 0.6) is 0 Å². The fourth-order valence-electron chi connectivity index (χ4n) is 1.65. The molecule has 0 amide bonds. The van der Waals surface area contributed by atoms with E-state index in [0.717, 1.165) is 11.3 Å². The van der Waals surface area contributed by atoms with Crippen molar-refractivity contribution in [1.82, 2.24) is 9.78 Å². The predicted octanol–water partition coefficient (Wildman–Crippen LogP) is 3.13. The molecule has 1 N–H and O–H groups in total. The third-order valence-electron chi connectivity index (χ3n) is 2.51. The van der Waals surface area contributed by atoms with Crippen LogP contribution in [-0.2, 0) is 13.6 Å². The molecule has 0 spiro atoms. The number of halogens is 2. The van der Waals surface area contributed by atoms with Crippen LogP contribution in [0.2, 0.25) is 5.02 Å². The van der Waals surface area contributed by atoms with Crippen molar-refractivity contribution in [3.05, 3.63) is 46.5 Å². The van der Waals surface area contributed by atoms with E-state index in [-0.39, 0.29) is 5.82 Å². The highest BCUT2D eigenvalue weighted by Crippen LogP contribution is 2.20. The number of nitrogens with one attached hydrogen (secondary N) is 1. The molecule has 0 fully saturated rings. The van der Waals surface area contributed by atoms with Crippen molar-refractivity contribution < 1.29 is 4.39 Å². The first-order valence-electron chi connectivity index (χ1n) is 5.24. The maximum absolute atomic E-state index is 13.4. The zero-order valence-corrected chi connectivity index (χ0v) is 10.4. The molecule has 0 radical (unpaired) electrons. The summed E-state index contributed by atoms with van der Waals surface area (Å²) in [4.78, 5) is 0. The molecular weight excluding hydrogens is 241 g/mol. The quantitative estimate of drug-likeness (QED) is 0.911. The van der Waals surface area contributed by atoms with Gasteiger partial charge in [-0.15, -0.1) is 0 Å².